The largest absolute Gasteiger partial charge is 0.310 e. The van der Waals surface area contributed by atoms with Crippen molar-refractivity contribution in [1.82, 2.24) is 9.97 Å². The normalized spacial score (nSPS) is 26.4. The first-order valence-electron chi connectivity index (χ1n) is 8.57. The molecular weight excluding hydrogens is 260 g/mol. The summed E-state index contributed by atoms with van der Waals surface area (Å²) >= 11 is 0. The molecule has 0 bridgehead atoms. The zero-order valence-corrected chi connectivity index (χ0v) is 13.7. The quantitative estimate of drug-likeness (QED) is 0.850. The minimum atomic E-state index is 0.132. The first-order chi connectivity index (χ1) is 9.95. The van der Waals surface area contributed by atoms with E-state index in [1.165, 1.54) is 32.1 Å². The van der Waals surface area contributed by atoms with E-state index in [0.29, 0.717) is 11.3 Å². The highest BCUT2D eigenvalue weighted by molar-refractivity contribution is 5.21. The van der Waals surface area contributed by atoms with E-state index in [0.717, 1.165) is 42.3 Å². The Morgan fingerprint density at radius 3 is 2.38 bits per heavy atom. The van der Waals surface area contributed by atoms with Crippen LogP contribution in [0.3, 0.4) is 0 Å². The predicted octanol–water partition coefficient (Wildman–Crippen LogP) is 3.97. The summed E-state index contributed by atoms with van der Waals surface area (Å²) in [6.07, 6.45) is 9.07. The van der Waals surface area contributed by atoms with Gasteiger partial charge in [0.25, 0.3) is 5.56 Å². The topological polar surface area (TPSA) is 45.8 Å². The fourth-order valence-corrected chi connectivity index (χ4v) is 4.05. The van der Waals surface area contributed by atoms with Crippen LogP contribution in [0.5, 0.6) is 0 Å². The fraction of sp³-hybridized carbons (Fsp3) is 0.778. The zero-order valence-electron chi connectivity index (χ0n) is 13.7. The van der Waals surface area contributed by atoms with Crippen LogP contribution >= 0.6 is 0 Å². The van der Waals surface area contributed by atoms with Gasteiger partial charge in [-0.1, -0.05) is 20.8 Å². The fourth-order valence-electron chi connectivity index (χ4n) is 4.05. The molecule has 0 aliphatic heterocycles. The highest BCUT2D eigenvalue weighted by Gasteiger charge is 2.31. The van der Waals surface area contributed by atoms with Crippen molar-refractivity contribution in [1.29, 1.82) is 0 Å². The summed E-state index contributed by atoms with van der Waals surface area (Å²) in [6.45, 7) is 7.03. The van der Waals surface area contributed by atoms with E-state index in [1.54, 1.807) is 0 Å². The van der Waals surface area contributed by atoms with E-state index < -0.39 is 0 Å². The molecule has 1 aromatic rings. The first-order valence-corrected chi connectivity index (χ1v) is 8.57. The minimum Gasteiger partial charge on any atom is -0.310 e. The number of fused-ring (bicyclic) bond motifs is 1. The summed E-state index contributed by atoms with van der Waals surface area (Å²) in [7, 11) is 0. The van der Waals surface area contributed by atoms with Crippen LogP contribution in [0.2, 0.25) is 0 Å². The molecule has 0 atom stereocenters. The summed E-state index contributed by atoms with van der Waals surface area (Å²) < 4.78 is 0. The Morgan fingerprint density at radius 2 is 1.71 bits per heavy atom. The van der Waals surface area contributed by atoms with Crippen molar-refractivity contribution in [3.05, 3.63) is 27.4 Å². The van der Waals surface area contributed by atoms with E-state index in [2.05, 4.69) is 25.8 Å². The van der Waals surface area contributed by atoms with Crippen LogP contribution < -0.4 is 5.56 Å². The van der Waals surface area contributed by atoms with E-state index in [4.69, 9.17) is 4.98 Å². The third kappa shape index (κ3) is 3.07. The van der Waals surface area contributed by atoms with Crippen LogP contribution in [-0.2, 0) is 12.8 Å². The smallest absolute Gasteiger partial charge is 0.254 e. The highest BCUT2D eigenvalue weighted by Crippen LogP contribution is 2.42. The van der Waals surface area contributed by atoms with Gasteiger partial charge in [-0.05, 0) is 62.7 Å². The molecule has 0 amide bonds. The Bertz CT molecular complexity index is 560. The lowest BCUT2D eigenvalue weighted by atomic mass is 9.69. The number of aryl methyl sites for hydroxylation is 1. The number of aromatic nitrogens is 2. The van der Waals surface area contributed by atoms with E-state index in [-0.39, 0.29) is 5.56 Å². The number of hydrogen-bond acceptors (Lipinski definition) is 2. The lowest BCUT2D eigenvalue weighted by Gasteiger charge is -2.36. The van der Waals surface area contributed by atoms with Gasteiger partial charge in [0.2, 0.25) is 0 Å². The first kappa shape index (κ1) is 14.8. The van der Waals surface area contributed by atoms with Gasteiger partial charge in [0.05, 0.1) is 5.69 Å². The van der Waals surface area contributed by atoms with Crippen molar-refractivity contribution in [2.24, 2.45) is 11.3 Å². The molecule has 1 N–H and O–H groups in total. The second kappa shape index (κ2) is 5.58. The van der Waals surface area contributed by atoms with E-state index >= 15 is 0 Å². The van der Waals surface area contributed by atoms with Crippen LogP contribution in [0.25, 0.3) is 0 Å². The molecule has 0 unspecified atom stereocenters. The molecule has 1 aromatic heterocycles. The van der Waals surface area contributed by atoms with Crippen molar-refractivity contribution >= 4 is 0 Å². The molecule has 1 saturated carbocycles. The van der Waals surface area contributed by atoms with Crippen LogP contribution in [0.4, 0.5) is 0 Å². The van der Waals surface area contributed by atoms with Gasteiger partial charge in [0, 0.05) is 11.5 Å². The number of nitrogens with zero attached hydrogens (tertiary/aromatic N) is 1. The van der Waals surface area contributed by atoms with E-state index in [1.807, 2.05) is 0 Å². The lowest BCUT2D eigenvalue weighted by molar-refractivity contribution is 0.167. The van der Waals surface area contributed by atoms with Gasteiger partial charge in [-0.25, -0.2) is 4.98 Å². The van der Waals surface area contributed by atoms with Gasteiger partial charge in [-0.15, -0.1) is 0 Å². The van der Waals surface area contributed by atoms with Gasteiger partial charge in [0.1, 0.15) is 5.82 Å². The molecular formula is C18H28N2O. The van der Waals surface area contributed by atoms with Gasteiger partial charge in [0.15, 0.2) is 0 Å². The summed E-state index contributed by atoms with van der Waals surface area (Å²) in [6, 6.07) is 0. The average Bonchev–Trinajstić information content (AvgIpc) is 2.46. The summed E-state index contributed by atoms with van der Waals surface area (Å²) in [5.41, 5.74) is 2.57. The molecule has 3 rings (SSSR count). The van der Waals surface area contributed by atoms with Crippen LogP contribution in [-0.4, -0.2) is 9.97 Å². The third-order valence-electron chi connectivity index (χ3n) is 5.55. The Balaban J connectivity index is 1.77. The lowest BCUT2D eigenvalue weighted by Crippen LogP contribution is -2.28. The molecule has 2 aliphatic carbocycles. The van der Waals surface area contributed by atoms with Gasteiger partial charge in [-0.2, -0.15) is 0 Å². The van der Waals surface area contributed by atoms with Gasteiger partial charge >= 0.3 is 0 Å². The maximum Gasteiger partial charge on any atom is 0.254 e. The molecule has 1 heterocycles. The minimum absolute atomic E-state index is 0.132. The standard InChI is InChI=1S/C18H28N2O/c1-18(2,3)13-10-8-12(9-11-13)16-19-15-7-5-4-6-14(15)17(21)20-16/h12-13H,4-11H2,1-3H3,(H,19,20,21). The van der Waals surface area contributed by atoms with Crippen molar-refractivity contribution in [3.8, 4) is 0 Å². The second-order valence-electron chi connectivity index (χ2n) is 8.00. The zero-order chi connectivity index (χ0) is 15.0. The molecule has 0 radical (unpaired) electrons. The maximum atomic E-state index is 12.3. The summed E-state index contributed by atoms with van der Waals surface area (Å²) in [5.74, 6) is 2.23. The molecule has 0 spiro atoms. The highest BCUT2D eigenvalue weighted by atomic mass is 16.1. The maximum absolute atomic E-state index is 12.3. The second-order valence-corrected chi connectivity index (χ2v) is 8.00. The molecule has 0 aromatic carbocycles. The Kier molecular flexibility index (Phi) is 3.94. The predicted molar refractivity (Wildman–Crippen MR) is 85.7 cm³/mol. The van der Waals surface area contributed by atoms with Crippen molar-refractivity contribution in [3.63, 3.8) is 0 Å². The number of nitrogens with one attached hydrogen (secondary N) is 1. The molecule has 3 nitrogen and oxygen atoms in total. The molecule has 3 heteroatoms. The van der Waals surface area contributed by atoms with Crippen LogP contribution in [0.1, 0.15) is 82.3 Å². The average molecular weight is 288 g/mol. The Hall–Kier alpha value is -1.12. The van der Waals surface area contributed by atoms with Gasteiger partial charge in [-0.3, -0.25) is 4.79 Å². The summed E-state index contributed by atoms with van der Waals surface area (Å²) in [4.78, 5) is 20.2. The summed E-state index contributed by atoms with van der Waals surface area (Å²) in [5, 5.41) is 0. The Morgan fingerprint density at radius 1 is 1.05 bits per heavy atom. The molecule has 1 fully saturated rings. The third-order valence-corrected chi connectivity index (χ3v) is 5.55. The van der Waals surface area contributed by atoms with Crippen molar-refractivity contribution in [2.75, 3.05) is 0 Å². The number of hydrogen-bond donors (Lipinski definition) is 1. The van der Waals surface area contributed by atoms with Crippen LogP contribution in [0, 0.1) is 11.3 Å². The Labute approximate surface area is 127 Å². The number of aromatic amines is 1. The number of H-pyrrole nitrogens is 1. The molecule has 0 saturated heterocycles. The molecule has 116 valence electrons. The monoisotopic (exact) mass is 288 g/mol. The SMILES string of the molecule is CC(C)(C)C1CCC(c2nc3c(c(=O)[nH]2)CCCC3)CC1. The molecule has 2 aliphatic rings. The van der Waals surface area contributed by atoms with Crippen molar-refractivity contribution in [2.45, 2.75) is 78.1 Å². The van der Waals surface area contributed by atoms with Crippen LogP contribution in [0.15, 0.2) is 4.79 Å². The van der Waals surface area contributed by atoms with Crippen molar-refractivity contribution < 1.29 is 0 Å². The van der Waals surface area contributed by atoms with E-state index in [9.17, 15) is 4.79 Å². The van der Waals surface area contributed by atoms with Gasteiger partial charge < -0.3 is 4.98 Å². The molecule has 21 heavy (non-hydrogen) atoms. The number of rotatable bonds is 1.